The molecule has 0 saturated carbocycles. The fourth-order valence-electron chi connectivity index (χ4n) is 5.22. The average molecular weight is 541 g/mol. The Hall–Kier alpha value is -5.62. The van der Waals surface area contributed by atoms with Gasteiger partial charge in [0.15, 0.2) is 0 Å². The van der Waals surface area contributed by atoms with Crippen LogP contribution in [0.25, 0.3) is 69.5 Å². The molecule has 0 amide bonds. The van der Waals surface area contributed by atoms with Gasteiger partial charge in [-0.2, -0.15) is 5.26 Å². The zero-order valence-corrected chi connectivity index (χ0v) is 22.6. The third-order valence-corrected chi connectivity index (χ3v) is 8.38. The number of hydrogen-bond acceptors (Lipinski definition) is 4. The van der Waals surface area contributed by atoms with Crippen LogP contribution in [0.1, 0.15) is 5.69 Å². The molecular formula is C36H20N4S. The largest absolute Gasteiger partial charge is 0.361 e. The first kappa shape index (κ1) is 24.4. The second-order valence-corrected chi connectivity index (χ2v) is 10.8. The van der Waals surface area contributed by atoms with E-state index < -0.39 is 0 Å². The molecule has 0 unspecified atom stereocenters. The Bertz CT molecular complexity index is 2040. The Kier molecular flexibility index (Phi) is 6.06. The zero-order valence-electron chi connectivity index (χ0n) is 21.7. The van der Waals surface area contributed by atoms with E-state index in [-0.39, 0.29) is 0 Å². The van der Waals surface area contributed by atoms with Gasteiger partial charge in [0.2, 0.25) is 0 Å². The lowest BCUT2D eigenvalue weighted by Gasteiger charge is -2.07. The Morgan fingerprint density at radius 3 is 1.59 bits per heavy atom. The number of hydrogen-bond donors (Lipinski definition) is 0. The summed E-state index contributed by atoms with van der Waals surface area (Å²) in [6.07, 6.45) is 3.37. The highest BCUT2D eigenvalue weighted by Gasteiger charge is 2.11. The van der Waals surface area contributed by atoms with Crippen LogP contribution in [-0.4, -0.2) is 9.97 Å². The molecule has 0 N–H and O–H groups in total. The lowest BCUT2D eigenvalue weighted by atomic mass is 9.97. The summed E-state index contributed by atoms with van der Waals surface area (Å²) in [5.74, 6) is 0.399. The molecule has 0 saturated heterocycles. The maximum absolute atomic E-state index is 9.24. The Morgan fingerprint density at radius 2 is 1.05 bits per heavy atom. The lowest BCUT2D eigenvalue weighted by molar-refractivity contribution is 1.26. The number of aromatic nitrogens is 2. The molecule has 7 rings (SSSR count). The van der Waals surface area contributed by atoms with E-state index >= 15 is 0 Å². The molecule has 0 atom stereocenters. The normalized spacial score (nSPS) is 10.9. The molecule has 0 aliphatic heterocycles. The van der Waals surface area contributed by atoms with Gasteiger partial charge in [-0.3, -0.25) is 0 Å². The lowest BCUT2D eigenvalue weighted by Crippen LogP contribution is -1.85. The van der Waals surface area contributed by atoms with Gasteiger partial charge in [0.05, 0.1) is 0 Å². The van der Waals surface area contributed by atoms with Crippen LogP contribution < -0.4 is 0 Å². The predicted molar refractivity (Wildman–Crippen MR) is 168 cm³/mol. The molecule has 0 aliphatic carbocycles. The highest BCUT2D eigenvalue weighted by Crippen LogP contribution is 2.39. The predicted octanol–water partition coefficient (Wildman–Crippen LogP) is 9.93. The molecule has 5 heteroatoms. The van der Waals surface area contributed by atoms with Crippen molar-refractivity contribution in [1.82, 2.24) is 9.97 Å². The molecule has 7 aromatic rings. The van der Waals surface area contributed by atoms with Crippen molar-refractivity contribution in [2.24, 2.45) is 0 Å². The first-order chi connectivity index (χ1) is 20.2. The zero-order chi connectivity index (χ0) is 27.8. The first-order valence-corrected chi connectivity index (χ1v) is 13.9. The standard InChI is InChI=1S/C36H20N4S/c1-38-36-21-30(13-15-40-36)26-7-3-5-24(17-26)28-9-11-33-32-10-8-27(19-34(32)41-35(33)20-28)23-4-2-6-25(16-23)29-12-14-39-31(18-29)22-37/h2-21H. The first-order valence-electron chi connectivity index (χ1n) is 13.1. The Balaban J connectivity index is 1.25. The van der Waals surface area contributed by atoms with Gasteiger partial charge in [-0.15, -0.1) is 16.3 Å². The molecule has 3 aromatic heterocycles. The number of nitriles is 1. The van der Waals surface area contributed by atoms with Crippen LogP contribution in [0.15, 0.2) is 122 Å². The minimum Gasteiger partial charge on any atom is -0.361 e. The minimum atomic E-state index is 0.399. The van der Waals surface area contributed by atoms with Crippen LogP contribution >= 0.6 is 11.3 Å². The van der Waals surface area contributed by atoms with E-state index in [4.69, 9.17) is 6.57 Å². The number of rotatable bonds is 4. The van der Waals surface area contributed by atoms with E-state index in [0.29, 0.717) is 11.5 Å². The average Bonchev–Trinajstić information content (AvgIpc) is 3.42. The minimum absolute atomic E-state index is 0.399. The van der Waals surface area contributed by atoms with E-state index in [1.807, 2.05) is 24.3 Å². The molecular weight excluding hydrogens is 520 g/mol. The van der Waals surface area contributed by atoms with Crippen molar-refractivity contribution in [2.45, 2.75) is 0 Å². The van der Waals surface area contributed by atoms with E-state index in [1.165, 1.54) is 20.2 Å². The van der Waals surface area contributed by atoms with Gasteiger partial charge >= 0.3 is 0 Å². The van der Waals surface area contributed by atoms with E-state index in [1.54, 1.807) is 23.7 Å². The molecule has 0 spiro atoms. The van der Waals surface area contributed by atoms with Gasteiger partial charge in [-0.1, -0.05) is 67.2 Å². The molecule has 0 aliphatic rings. The number of thiophene rings is 1. The molecule has 41 heavy (non-hydrogen) atoms. The number of nitrogens with zero attached hydrogens (tertiary/aromatic N) is 4. The molecule has 4 aromatic carbocycles. The van der Waals surface area contributed by atoms with Crippen LogP contribution in [0.3, 0.4) is 0 Å². The highest BCUT2D eigenvalue weighted by molar-refractivity contribution is 7.25. The van der Waals surface area contributed by atoms with Gasteiger partial charge < -0.3 is 4.85 Å². The van der Waals surface area contributed by atoms with Gasteiger partial charge in [-0.25, -0.2) is 4.98 Å². The van der Waals surface area contributed by atoms with Crippen molar-refractivity contribution in [3.63, 3.8) is 0 Å². The summed E-state index contributed by atoms with van der Waals surface area (Å²) in [5.41, 5.74) is 9.09. The van der Waals surface area contributed by atoms with Crippen molar-refractivity contribution >= 4 is 37.3 Å². The maximum Gasteiger partial charge on any atom is 0.270 e. The Morgan fingerprint density at radius 1 is 0.561 bits per heavy atom. The van der Waals surface area contributed by atoms with Crippen molar-refractivity contribution in [1.29, 1.82) is 5.26 Å². The summed E-state index contributed by atoms with van der Waals surface area (Å²) in [6.45, 7) is 7.28. The molecule has 4 nitrogen and oxygen atoms in total. The van der Waals surface area contributed by atoms with Gasteiger partial charge in [0, 0.05) is 26.4 Å². The van der Waals surface area contributed by atoms with E-state index in [2.05, 4.69) is 106 Å². The summed E-state index contributed by atoms with van der Waals surface area (Å²) in [7, 11) is 0. The molecule has 3 heterocycles. The summed E-state index contributed by atoms with van der Waals surface area (Å²) in [4.78, 5) is 11.7. The fraction of sp³-hybridized carbons (Fsp3) is 0. The van der Waals surface area contributed by atoms with Gasteiger partial charge in [0.1, 0.15) is 18.0 Å². The van der Waals surface area contributed by atoms with Crippen LogP contribution in [0.4, 0.5) is 5.82 Å². The molecule has 0 bridgehead atoms. The summed E-state index contributed by atoms with van der Waals surface area (Å²) >= 11 is 1.80. The van der Waals surface area contributed by atoms with Crippen LogP contribution in [0.5, 0.6) is 0 Å². The third kappa shape index (κ3) is 4.61. The molecule has 190 valence electrons. The summed E-state index contributed by atoms with van der Waals surface area (Å²) in [6, 6.07) is 39.8. The van der Waals surface area contributed by atoms with Crippen LogP contribution in [0, 0.1) is 17.9 Å². The van der Waals surface area contributed by atoms with E-state index in [0.717, 1.165) is 44.5 Å². The van der Waals surface area contributed by atoms with Crippen molar-refractivity contribution in [3.8, 4) is 50.6 Å². The van der Waals surface area contributed by atoms with Gasteiger partial charge in [-0.05, 0) is 93.0 Å². The Labute approximate surface area is 241 Å². The van der Waals surface area contributed by atoms with Crippen LogP contribution in [0.2, 0.25) is 0 Å². The second-order valence-electron chi connectivity index (χ2n) is 9.74. The fourth-order valence-corrected chi connectivity index (χ4v) is 6.41. The monoisotopic (exact) mass is 540 g/mol. The summed E-state index contributed by atoms with van der Waals surface area (Å²) < 4.78 is 2.49. The second kappa shape index (κ2) is 10.2. The smallest absolute Gasteiger partial charge is 0.270 e. The van der Waals surface area contributed by atoms with Crippen molar-refractivity contribution in [3.05, 3.63) is 139 Å². The number of benzene rings is 4. The molecule has 0 radical (unpaired) electrons. The topological polar surface area (TPSA) is 53.9 Å². The van der Waals surface area contributed by atoms with Crippen LogP contribution in [-0.2, 0) is 0 Å². The SMILES string of the molecule is [C-]#[N+]c1cc(-c2cccc(-c3ccc4c(c3)sc3cc(-c5cccc(-c6ccnc(C#N)c6)c5)ccc34)c2)ccn1. The number of pyridine rings is 2. The van der Waals surface area contributed by atoms with E-state index in [9.17, 15) is 5.26 Å². The molecule has 0 fully saturated rings. The van der Waals surface area contributed by atoms with Crippen molar-refractivity contribution < 1.29 is 0 Å². The maximum atomic E-state index is 9.24. The number of fused-ring (bicyclic) bond motifs is 3. The van der Waals surface area contributed by atoms with Crippen molar-refractivity contribution in [2.75, 3.05) is 0 Å². The third-order valence-electron chi connectivity index (χ3n) is 7.27. The highest BCUT2D eigenvalue weighted by atomic mass is 32.1. The van der Waals surface area contributed by atoms with Gasteiger partial charge in [0.25, 0.3) is 5.82 Å². The quantitative estimate of drug-likeness (QED) is 0.209. The summed E-state index contributed by atoms with van der Waals surface area (Å²) in [5, 5.41) is 11.7.